The zero-order valence-corrected chi connectivity index (χ0v) is 15.9. The first-order valence-corrected chi connectivity index (χ1v) is 10.0. The third-order valence-corrected chi connectivity index (χ3v) is 6.45. The molecule has 5 heteroatoms. The minimum Gasteiger partial charge on any atom is -0.317 e. The highest BCUT2D eigenvalue weighted by molar-refractivity contribution is 7.21. The van der Waals surface area contributed by atoms with E-state index in [-0.39, 0.29) is 0 Å². The Bertz CT molecular complexity index is 1100. The Kier molecular flexibility index (Phi) is 3.80. The van der Waals surface area contributed by atoms with Crippen LogP contribution in [0.25, 0.3) is 31.7 Å². The summed E-state index contributed by atoms with van der Waals surface area (Å²) in [4.78, 5) is 4.90. The monoisotopic (exact) mass is 362 g/mol. The van der Waals surface area contributed by atoms with E-state index in [9.17, 15) is 0 Å². The van der Waals surface area contributed by atoms with E-state index in [2.05, 4.69) is 53.9 Å². The molecule has 0 radical (unpaired) electrons. The first-order valence-electron chi connectivity index (χ1n) is 9.23. The molecular formula is C21H22N4S. The van der Waals surface area contributed by atoms with Gasteiger partial charge in [0.05, 0.1) is 15.7 Å². The van der Waals surface area contributed by atoms with E-state index in [0.29, 0.717) is 5.92 Å². The number of hydrogen-bond acceptors (Lipinski definition) is 4. The standard InChI is InChI=1S/C21H22N4S/c1-13-9-16(10-17-12-25(2)24-20(13)17)21-23-18-4-3-15(11-19(18)26-21)14-5-7-22-8-6-14/h3-4,9-12,14,22H,5-8H2,1-2H3. The molecule has 1 saturated heterocycles. The highest BCUT2D eigenvalue weighted by atomic mass is 32.1. The minimum absolute atomic E-state index is 0.681. The molecule has 1 aliphatic heterocycles. The summed E-state index contributed by atoms with van der Waals surface area (Å²) < 4.78 is 3.17. The summed E-state index contributed by atoms with van der Waals surface area (Å²) >= 11 is 1.80. The van der Waals surface area contributed by atoms with Gasteiger partial charge in [-0.3, -0.25) is 4.68 Å². The van der Waals surface area contributed by atoms with Crippen LogP contribution < -0.4 is 5.32 Å². The van der Waals surface area contributed by atoms with Gasteiger partial charge in [-0.1, -0.05) is 6.07 Å². The molecule has 5 rings (SSSR count). The number of hydrogen-bond donors (Lipinski definition) is 1. The van der Waals surface area contributed by atoms with Crippen molar-refractivity contribution in [3.8, 4) is 10.6 Å². The van der Waals surface area contributed by atoms with Gasteiger partial charge in [-0.2, -0.15) is 5.10 Å². The van der Waals surface area contributed by atoms with Crippen LogP contribution in [-0.2, 0) is 7.05 Å². The number of rotatable bonds is 2. The second kappa shape index (κ2) is 6.18. The molecule has 3 heterocycles. The number of benzene rings is 2. The highest BCUT2D eigenvalue weighted by Gasteiger charge is 2.17. The zero-order chi connectivity index (χ0) is 17.7. The number of nitrogens with one attached hydrogen (secondary N) is 1. The largest absolute Gasteiger partial charge is 0.317 e. The number of nitrogens with zero attached hydrogens (tertiary/aromatic N) is 3. The molecule has 0 bridgehead atoms. The van der Waals surface area contributed by atoms with E-state index in [0.717, 1.165) is 29.1 Å². The molecule has 2 aromatic carbocycles. The summed E-state index contributed by atoms with van der Waals surface area (Å²) in [6, 6.07) is 11.3. The lowest BCUT2D eigenvalue weighted by atomic mass is 9.90. The van der Waals surface area contributed by atoms with Crippen LogP contribution in [0, 0.1) is 6.92 Å². The molecule has 0 spiro atoms. The lowest BCUT2D eigenvalue weighted by Crippen LogP contribution is -2.26. The SMILES string of the molecule is Cc1cc(-c2nc3ccc(C4CCNCC4)cc3s2)cc2cn(C)nc12. The maximum Gasteiger partial charge on any atom is 0.124 e. The molecule has 4 nitrogen and oxygen atoms in total. The summed E-state index contributed by atoms with van der Waals surface area (Å²) in [5.74, 6) is 0.681. The van der Waals surface area contributed by atoms with Gasteiger partial charge in [0.15, 0.2) is 0 Å². The first kappa shape index (κ1) is 16.0. The third kappa shape index (κ3) is 2.72. The second-order valence-electron chi connectivity index (χ2n) is 7.30. The number of thiazole rings is 1. The van der Waals surface area contributed by atoms with Crippen LogP contribution in [0.2, 0.25) is 0 Å². The molecule has 0 amide bonds. The fraction of sp³-hybridized carbons (Fsp3) is 0.333. The predicted octanol–water partition coefficient (Wildman–Crippen LogP) is 4.63. The Labute approximate surface area is 156 Å². The summed E-state index contributed by atoms with van der Waals surface area (Å²) in [5.41, 5.74) is 6.03. The Morgan fingerprint density at radius 1 is 1.15 bits per heavy atom. The molecule has 0 saturated carbocycles. The van der Waals surface area contributed by atoms with Crippen LogP contribution in [0.1, 0.15) is 29.9 Å². The molecule has 26 heavy (non-hydrogen) atoms. The minimum atomic E-state index is 0.681. The van der Waals surface area contributed by atoms with Crippen LogP contribution in [-0.4, -0.2) is 27.9 Å². The number of aryl methyl sites for hydroxylation is 2. The number of aromatic nitrogens is 3. The van der Waals surface area contributed by atoms with Crippen molar-refractivity contribution in [1.82, 2.24) is 20.1 Å². The second-order valence-corrected chi connectivity index (χ2v) is 8.33. The van der Waals surface area contributed by atoms with Gasteiger partial charge in [0, 0.05) is 24.2 Å². The average molecular weight is 363 g/mol. The average Bonchev–Trinajstić information content (AvgIpc) is 3.24. The van der Waals surface area contributed by atoms with Crippen LogP contribution in [0.3, 0.4) is 0 Å². The molecule has 0 aliphatic carbocycles. The Hall–Kier alpha value is -2.24. The Morgan fingerprint density at radius 2 is 2.00 bits per heavy atom. The van der Waals surface area contributed by atoms with Crippen LogP contribution in [0.5, 0.6) is 0 Å². The molecule has 0 atom stereocenters. The van der Waals surface area contributed by atoms with Crippen molar-refractivity contribution in [2.45, 2.75) is 25.7 Å². The predicted molar refractivity (Wildman–Crippen MR) is 109 cm³/mol. The quantitative estimate of drug-likeness (QED) is 0.565. The molecule has 0 unspecified atom stereocenters. The number of piperidine rings is 1. The van der Waals surface area contributed by atoms with Crippen LogP contribution in [0.4, 0.5) is 0 Å². The molecule has 4 aromatic rings. The maximum atomic E-state index is 4.90. The lowest BCUT2D eigenvalue weighted by molar-refractivity contribution is 0.461. The van der Waals surface area contributed by atoms with Gasteiger partial charge < -0.3 is 5.32 Å². The molecule has 1 fully saturated rings. The molecular weight excluding hydrogens is 340 g/mol. The summed E-state index contributed by atoms with van der Waals surface area (Å²) in [6.45, 7) is 4.38. The van der Waals surface area contributed by atoms with Crippen LogP contribution >= 0.6 is 11.3 Å². The first-order chi connectivity index (χ1) is 12.7. The fourth-order valence-corrected chi connectivity index (χ4v) is 5.03. The van der Waals surface area contributed by atoms with E-state index >= 15 is 0 Å². The molecule has 132 valence electrons. The maximum absolute atomic E-state index is 4.90. The van der Waals surface area contributed by atoms with Crippen molar-refractivity contribution in [2.75, 3.05) is 13.1 Å². The third-order valence-electron chi connectivity index (χ3n) is 5.38. The van der Waals surface area contributed by atoms with Crippen molar-refractivity contribution >= 4 is 32.5 Å². The van der Waals surface area contributed by atoms with E-state index in [4.69, 9.17) is 4.98 Å². The lowest BCUT2D eigenvalue weighted by Gasteiger charge is -2.22. The van der Waals surface area contributed by atoms with Crippen molar-refractivity contribution < 1.29 is 0 Å². The van der Waals surface area contributed by atoms with E-state index < -0.39 is 0 Å². The number of fused-ring (bicyclic) bond motifs is 2. The van der Waals surface area contributed by atoms with Gasteiger partial charge in [0.25, 0.3) is 0 Å². The molecule has 1 N–H and O–H groups in total. The van der Waals surface area contributed by atoms with Crippen molar-refractivity contribution in [1.29, 1.82) is 0 Å². The van der Waals surface area contributed by atoms with Gasteiger partial charge in [-0.15, -0.1) is 11.3 Å². The normalized spacial score (nSPS) is 15.9. The summed E-state index contributed by atoms with van der Waals surface area (Å²) in [6.07, 6.45) is 4.54. The van der Waals surface area contributed by atoms with Gasteiger partial charge in [0.2, 0.25) is 0 Å². The van der Waals surface area contributed by atoms with E-state index in [1.54, 1.807) is 11.3 Å². The summed E-state index contributed by atoms with van der Waals surface area (Å²) in [5, 5.41) is 10.3. The fourth-order valence-electron chi connectivity index (χ4n) is 4.03. The molecule has 1 aliphatic rings. The molecule has 2 aromatic heterocycles. The Morgan fingerprint density at radius 3 is 2.85 bits per heavy atom. The van der Waals surface area contributed by atoms with Crippen molar-refractivity contribution in [3.05, 3.63) is 47.7 Å². The van der Waals surface area contributed by atoms with Crippen molar-refractivity contribution in [2.24, 2.45) is 7.05 Å². The zero-order valence-electron chi connectivity index (χ0n) is 15.1. The van der Waals surface area contributed by atoms with Gasteiger partial charge in [0.1, 0.15) is 5.01 Å². The topological polar surface area (TPSA) is 42.7 Å². The Balaban J connectivity index is 1.57. The highest BCUT2D eigenvalue weighted by Crippen LogP contribution is 2.35. The van der Waals surface area contributed by atoms with E-state index in [1.165, 1.54) is 39.6 Å². The van der Waals surface area contributed by atoms with Crippen LogP contribution in [0.15, 0.2) is 36.5 Å². The van der Waals surface area contributed by atoms with E-state index in [1.807, 2.05) is 11.7 Å². The van der Waals surface area contributed by atoms with Gasteiger partial charge in [-0.05, 0) is 74.2 Å². The van der Waals surface area contributed by atoms with Crippen molar-refractivity contribution in [3.63, 3.8) is 0 Å². The smallest absolute Gasteiger partial charge is 0.124 e. The summed E-state index contributed by atoms with van der Waals surface area (Å²) in [7, 11) is 1.97. The van der Waals surface area contributed by atoms with Gasteiger partial charge >= 0.3 is 0 Å². The van der Waals surface area contributed by atoms with Gasteiger partial charge in [-0.25, -0.2) is 4.98 Å².